The Bertz CT molecular complexity index is 1330. The molecule has 2 N–H and O–H groups in total. The van der Waals surface area contributed by atoms with Crippen LogP contribution in [0.1, 0.15) is 47.9 Å². The summed E-state index contributed by atoms with van der Waals surface area (Å²) < 4.78 is 1.72. The number of nitrogen functional groups attached to an aromatic ring is 1. The number of benzene rings is 1. The minimum absolute atomic E-state index is 0.0535. The van der Waals surface area contributed by atoms with Crippen LogP contribution in [0.2, 0.25) is 0 Å². The fraction of sp³-hybridized carbons (Fsp3) is 0.393. The highest BCUT2D eigenvalue weighted by molar-refractivity contribution is 6.12. The van der Waals surface area contributed by atoms with Crippen LogP contribution in [0.5, 0.6) is 0 Å². The number of hydrogen-bond donors (Lipinski definition) is 1. The molecule has 0 aliphatic carbocycles. The first-order chi connectivity index (χ1) is 17.6. The van der Waals surface area contributed by atoms with Crippen molar-refractivity contribution in [2.24, 2.45) is 13.0 Å². The second-order valence-electron chi connectivity index (χ2n) is 9.85. The Hall–Kier alpha value is -4.01. The predicted molar refractivity (Wildman–Crippen MR) is 142 cm³/mol. The van der Waals surface area contributed by atoms with Crippen LogP contribution in [0, 0.1) is 19.8 Å². The summed E-state index contributed by atoms with van der Waals surface area (Å²) >= 11 is 0. The minimum atomic E-state index is -0.924. The summed E-state index contributed by atoms with van der Waals surface area (Å²) in [6.45, 7) is 6.09. The van der Waals surface area contributed by atoms with E-state index in [0.717, 1.165) is 33.6 Å². The van der Waals surface area contributed by atoms with Crippen LogP contribution in [0.15, 0.2) is 48.9 Å². The van der Waals surface area contributed by atoms with Gasteiger partial charge in [-0.15, -0.1) is 0 Å². The van der Waals surface area contributed by atoms with Crippen LogP contribution in [0.4, 0.5) is 11.8 Å². The van der Waals surface area contributed by atoms with E-state index in [-0.39, 0.29) is 36.5 Å². The third kappa shape index (κ3) is 5.12. The molecule has 0 radical (unpaired) electrons. The molecule has 3 aromatic rings. The highest BCUT2D eigenvalue weighted by Gasteiger charge is 2.55. The van der Waals surface area contributed by atoms with E-state index < -0.39 is 12.0 Å². The highest BCUT2D eigenvalue weighted by atomic mass is 16.2. The number of imide groups is 1. The number of imidazole rings is 1. The molecule has 1 saturated heterocycles. The molecule has 1 aromatic carbocycles. The number of hydrogen-bond acceptors (Lipinski definition) is 6. The monoisotopic (exact) mass is 502 g/mol. The number of aryl methyl sites for hydroxylation is 3. The quantitative estimate of drug-likeness (QED) is 0.473. The molecule has 4 rings (SSSR count). The van der Waals surface area contributed by atoms with Gasteiger partial charge in [-0.2, -0.15) is 0 Å². The Morgan fingerprint density at radius 3 is 2.54 bits per heavy atom. The SMILES string of the molecule is CC[C@@H](CC(=O)N1C(=O)[C@H](Cc2ccnc(N)c2)[C@H]1C(=O)N(C)c1nccn1C)c1cc(C)ccc1C. The average molecular weight is 503 g/mol. The van der Waals surface area contributed by atoms with Crippen molar-refractivity contribution in [3.8, 4) is 0 Å². The maximum atomic E-state index is 13.7. The number of β-lactam (4-membered cyclic amide) rings is 1. The predicted octanol–water partition coefficient (Wildman–Crippen LogP) is 3.16. The fourth-order valence-electron chi connectivity index (χ4n) is 5.14. The Balaban J connectivity index is 1.62. The van der Waals surface area contributed by atoms with Gasteiger partial charge in [0.05, 0.1) is 5.92 Å². The molecule has 194 valence electrons. The molecule has 9 heteroatoms. The van der Waals surface area contributed by atoms with E-state index in [1.54, 1.807) is 49.4 Å². The summed E-state index contributed by atoms with van der Waals surface area (Å²) in [4.78, 5) is 51.5. The summed E-state index contributed by atoms with van der Waals surface area (Å²) in [7, 11) is 3.40. The van der Waals surface area contributed by atoms with Gasteiger partial charge in [0.25, 0.3) is 5.91 Å². The van der Waals surface area contributed by atoms with Gasteiger partial charge in [0.1, 0.15) is 11.9 Å². The van der Waals surface area contributed by atoms with Crippen molar-refractivity contribution in [3.05, 3.63) is 71.2 Å². The van der Waals surface area contributed by atoms with E-state index in [4.69, 9.17) is 5.73 Å². The zero-order valence-corrected chi connectivity index (χ0v) is 22.0. The number of anilines is 2. The number of pyridine rings is 1. The van der Waals surface area contributed by atoms with Crippen molar-refractivity contribution in [2.45, 2.75) is 52.0 Å². The number of rotatable bonds is 8. The Morgan fingerprint density at radius 2 is 1.89 bits per heavy atom. The molecular weight excluding hydrogens is 468 g/mol. The van der Waals surface area contributed by atoms with Gasteiger partial charge in [-0.25, -0.2) is 9.97 Å². The van der Waals surface area contributed by atoms with Crippen molar-refractivity contribution in [1.82, 2.24) is 19.4 Å². The molecule has 1 aliphatic rings. The molecule has 3 atom stereocenters. The zero-order valence-electron chi connectivity index (χ0n) is 22.0. The summed E-state index contributed by atoms with van der Waals surface area (Å²) in [5, 5.41) is 0. The van der Waals surface area contributed by atoms with E-state index in [2.05, 4.69) is 22.1 Å². The van der Waals surface area contributed by atoms with Crippen LogP contribution in [-0.4, -0.2) is 50.2 Å². The number of carbonyl (C=O) groups is 3. The molecule has 0 bridgehead atoms. The number of aromatic nitrogens is 3. The molecule has 0 spiro atoms. The average Bonchev–Trinajstić information content (AvgIpc) is 3.30. The second kappa shape index (κ2) is 10.5. The highest BCUT2D eigenvalue weighted by Crippen LogP contribution is 2.35. The first kappa shape index (κ1) is 26.1. The van der Waals surface area contributed by atoms with Crippen molar-refractivity contribution in [2.75, 3.05) is 17.7 Å². The van der Waals surface area contributed by atoms with Crippen LogP contribution in [0.3, 0.4) is 0 Å². The zero-order chi connectivity index (χ0) is 26.9. The second-order valence-corrected chi connectivity index (χ2v) is 9.85. The third-order valence-corrected chi connectivity index (χ3v) is 7.25. The molecule has 3 amide bonds. The molecule has 2 aromatic heterocycles. The van der Waals surface area contributed by atoms with E-state index in [9.17, 15) is 14.4 Å². The van der Waals surface area contributed by atoms with E-state index in [1.807, 2.05) is 26.8 Å². The lowest BCUT2D eigenvalue weighted by Crippen LogP contribution is -2.69. The topological polar surface area (TPSA) is 114 Å². The Morgan fingerprint density at radius 1 is 1.14 bits per heavy atom. The summed E-state index contributed by atoms with van der Waals surface area (Å²) in [5.41, 5.74) is 9.94. The first-order valence-electron chi connectivity index (χ1n) is 12.5. The number of carbonyl (C=O) groups excluding carboxylic acids is 3. The molecule has 9 nitrogen and oxygen atoms in total. The van der Waals surface area contributed by atoms with Crippen molar-refractivity contribution < 1.29 is 14.4 Å². The van der Waals surface area contributed by atoms with Crippen molar-refractivity contribution >= 4 is 29.5 Å². The van der Waals surface area contributed by atoms with Gasteiger partial charge in [-0.05, 0) is 61.4 Å². The normalized spacial score (nSPS) is 17.9. The van der Waals surface area contributed by atoms with Crippen LogP contribution >= 0.6 is 0 Å². The third-order valence-electron chi connectivity index (χ3n) is 7.25. The van der Waals surface area contributed by atoms with Gasteiger partial charge in [-0.1, -0.05) is 30.7 Å². The Labute approximate surface area is 217 Å². The van der Waals surface area contributed by atoms with Crippen LogP contribution in [0.25, 0.3) is 0 Å². The fourth-order valence-corrected chi connectivity index (χ4v) is 5.14. The number of likely N-dealkylation sites (tertiary alicyclic amines) is 1. The number of amides is 3. The van der Waals surface area contributed by atoms with E-state index in [1.165, 1.54) is 4.90 Å². The molecule has 0 unspecified atom stereocenters. The summed E-state index contributed by atoms with van der Waals surface area (Å²) in [5.74, 6) is -0.995. The van der Waals surface area contributed by atoms with Gasteiger partial charge in [0.15, 0.2) is 0 Å². The number of nitrogens with zero attached hydrogens (tertiary/aromatic N) is 5. The van der Waals surface area contributed by atoms with E-state index in [0.29, 0.717) is 11.8 Å². The lowest BCUT2D eigenvalue weighted by molar-refractivity contribution is -0.170. The van der Waals surface area contributed by atoms with E-state index >= 15 is 0 Å². The van der Waals surface area contributed by atoms with Crippen LogP contribution in [-0.2, 0) is 27.9 Å². The van der Waals surface area contributed by atoms with Gasteiger partial charge in [0.2, 0.25) is 17.8 Å². The minimum Gasteiger partial charge on any atom is -0.384 e. The largest absolute Gasteiger partial charge is 0.384 e. The maximum Gasteiger partial charge on any atom is 0.253 e. The summed E-state index contributed by atoms with van der Waals surface area (Å²) in [6.07, 6.45) is 6.08. The van der Waals surface area contributed by atoms with Crippen LogP contribution < -0.4 is 10.6 Å². The molecule has 37 heavy (non-hydrogen) atoms. The van der Waals surface area contributed by atoms with Gasteiger partial charge < -0.3 is 10.3 Å². The van der Waals surface area contributed by atoms with Crippen molar-refractivity contribution in [1.29, 1.82) is 0 Å². The number of nitrogens with two attached hydrogens (primary N) is 1. The molecule has 1 fully saturated rings. The van der Waals surface area contributed by atoms with Crippen molar-refractivity contribution in [3.63, 3.8) is 0 Å². The molecule has 1 aliphatic heterocycles. The molecule has 0 saturated carbocycles. The lowest BCUT2D eigenvalue weighted by Gasteiger charge is -2.46. The van der Waals surface area contributed by atoms with Gasteiger partial charge in [-0.3, -0.25) is 24.2 Å². The standard InChI is InChI=1S/C28H34N6O3/c1-6-20(21-13-17(2)7-8-18(21)3)16-24(35)34-25(27(37)33(5)28-31-11-12-32(28)4)22(26(34)36)14-19-9-10-30-23(29)15-19/h7-13,15,20,22,25H,6,14,16H2,1-5H3,(H2,29,30)/t20-,22+,25-/m0/s1. The van der Waals surface area contributed by atoms with Gasteiger partial charge >= 0.3 is 0 Å². The molecule has 3 heterocycles. The Kier molecular flexibility index (Phi) is 7.42. The summed E-state index contributed by atoms with van der Waals surface area (Å²) in [6, 6.07) is 8.73. The van der Waals surface area contributed by atoms with Gasteiger partial charge in [0, 0.05) is 39.1 Å². The number of likely N-dealkylation sites (N-methyl/N-ethyl adjacent to an activating group) is 1. The molecular formula is C28H34N6O3. The lowest BCUT2D eigenvalue weighted by atomic mass is 9.80. The maximum absolute atomic E-state index is 13.7. The smallest absolute Gasteiger partial charge is 0.253 e. The first-order valence-corrected chi connectivity index (χ1v) is 12.5.